The first-order valence-corrected chi connectivity index (χ1v) is 12.5. The van der Waals surface area contributed by atoms with Gasteiger partial charge in [0.1, 0.15) is 0 Å². The van der Waals surface area contributed by atoms with Crippen LogP contribution < -0.4 is 10.5 Å². The summed E-state index contributed by atoms with van der Waals surface area (Å²) in [5.41, 5.74) is 1.80. The predicted molar refractivity (Wildman–Crippen MR) is 137 cm³/mol. The second-order valence-corrected chi connectivity index (χ2v) is 9.54. The van der Waals surface area contributed by atoms with Crippen LogP contribution in [0, 0.1) is 5.92 Å². The Morgan fingerprint density at radius 3 is 2.56 bits per heavy atom. The van der Waals surface area contributed by atoms with E-state index in [2.05, 4.69) is 22.1 Å². The van der Waals surface area contributed by atoms with Gasteiger partial charge in [0.2, 0.25) is 11.8 Å². The zero-order chi connectivity index (χ0) is 25.5. The van der Waals surface area contributed by atoms with E-state index < -0.39 is 0 Å². The lowest BCUT2D eigenvalue weighted by molar-refractivity contribution is -0.142. The first kappa shape index (κ1) is 25.8. The number of aromatic nitrogens is 2. The van der Waals surface area contributed by atoms with Crippen LogP contribution in [0.25, 0.3) is 0 Å². The third-order valence-electron chi connectivity index (χ3n) is 6.99. The Hall–Kier alpha value is -3.24. The van der Waals surface area contributed by atoms with E-state index in [9.17, 15) is 14.4 Å². The molecule has 194 valence electrons. The summed E-state index contributed by atoms with van der Waals surface area (Å²) in [6.45, 7) is 5.98. The molecule has 0 radical (unpaired) electrons. The van der Waals surface area contributed by atoms with Crippen LogP contribution in [0.15, 0.2) is 47.4 Å². The number of carbonyl (C=O) groups is 2. The molecule has 0 N–H and O–H groups in total. The highest BCUT2D eigenvalue weighted by Crippen LogP contribution is 2.23. The number of nitrogens with zero attached hydrogens (tertiary/aromatic N) is 6. The molecule has 2 aliphatic rings. The van der Waals surface area contributed by atoms with Gasteiger partial charge in [-0.1, -0.05) is 30.3 Å². The van der Waals surface area contributed by atoms with Crippen LogP contribution in [0.3, 0.4) is 0 Å². The lowest BCUT2D eigenvalue weighted by atomic mass is 10.1. The van der Waals surface area contributed by atoms with Crippen molar-refractivity contribution in [2.75, 3.05) is 71.5 Å². The average molecular weight is 497 g/mol. The van der Waals surface area contributed by atoms with Crippen LogP contribution in [0.4, 0.5) is 5.69 Å². The van der Waals surface area contributed by atoms with Gasteiger partial charge in [0.05, 0.1) is 37.5 Å². The molecule has 1 atom stereocenters. The molecule has 2 amide bonds. The molecule has 4 rings (SSSR count). The fourth-order valence-corrected chi connectivity index (χ4v) is 4.83. The van der Waals surface area contributed by atoms with Crippen molar-refractivity contribution in [3.63, 3.8) is 0 Å². The van der Waals surface area contributed by atoms with Gasteiger partial charge in [-0.05, 0) is 12.0 Å². The summed E-state index contributed by atoms with van der Waals surface area (Å²) in [7, 11) is 3.28. The molecule has 2 aliphatic heterocycles. The zero-order valence-corrected chi connectivity index (χ0v) is 21.2. The third kappa shape index (κ3) is 6.50. The van der Waals surface area contributed by atoms with Gasteiger partial charge in [0.15, 0.2) is 0 Å². The van der Waals surface area contributed by atoms with E-state index in [-0.39, 0.29) is 29.8 Å². The zero-order valence-electron chi connectivity index (χ0n) is 21.2. The minimum atomic E-state index is -0.207. The molecule has 0 saturated carbocycles. The van der Waals surface area contributed by atoms with Crippen molar-refractivity contribution in [2.45, 2.75) is 19.5 Å². The average Bonchev–Trinajstić information content (AvgIpc) is 3.39. The minimum Gasteiger partial charge on any atom is -0.383 e. The highest BCUT2D eigenvalue weighted by molar-refractivity contribution is 5.86. The Kier molecular flexibility index (Phi) is 8.71. The molecular weight excluding hydrogens is 460 g/mol. The smallest absolute Gasteiger partial charge is 0.268 e. The normalized spacial score (nSPS) is 18.4. The second kappa shape index (κ2) is 12.1. The number of benzene rings is 1. The van der Waals surface area contributed by atoms with Gasteiger partial charge in [0, 0.05) is 66.0 Å². The van der Waals surface area contributed by atoms with Gasteiger partial charge < -0.3 is 19.4 Å². The number of rotatable bonds is 9. The number of ether oxygens (including phenoxy) is 1. The summed E-state index contributed by atoms with van der Waals surface area (Å²) in [6, 6.07) is 11.9. The number of hydrogen-bond acceptors (Lipinski definition) is 7. The van der Waals surface area contributed by atoms with Crippen molar-refractivity contribution in [2.24, 2.45) is 5.92 Å². The molecule has 2 aromatic rings. The Morgan fingerprint density at radius 1 is 1.11 bits per heavy atom. The van der Waals surface area contributed by atoms with Gasteiger partial charge in [0.25, 0.3) is 5.56 Å². The number of methoxy groups -OCH3 is 1. The number of likely N-dealkylation sites (N-methyl/N-ethyl adjacent to an activating group) is 1. The van der Waals surface area contributed by atoms with Crippen LogP contribution >= 0.6 is 0 Å². The van der Waals surface area contributed by atoms with Crippen molar-refractivity contribution in [1.82, 2.24) is 24.5 Å². The molecule has 2 fully saturated rings. The second-order valence-electron chi connectivity index (χ2n) is 9.54. The fourth-order valence-electron chi connectivity index (χ4n) is 4.83. The number of anilines is 1. The van der Waals surface area contributed by atoms with Crippen LogP contribution in [0.5, 0.6) is 0 Å². The molecule has 1 aromatic carbocycles. The molecule has 0 aliphatic carbocycles. The van der Waals surface area contributed by atoms with E-state index in [0.29, 0.717) is 45.8 Å². The van der Waals surface area contributed by atoms with Gasteiger partial charge in [-0.2, -0.15) is 5.10 Å². The van der Waals surface area contributed by atoms with Crippen LogP contribution in [-0.4, -0.2) is 103 Å². The fraction of sp³-hybridized carbons (Fsp3) is 0.538. The minimum absolute atomic E-state index is 0.0102. The van der Waals surface area contributed by atoms with Crippen molar-refractivity contribution < 1.29 is 14.3 Å². The Morgan fingerprint density at radius 2 is 1.86 bits per heavy atom. The van der Waals surface area contributed by atoms with Gasteiger partial charge in [-0.3, -0.25) is 19.3 Å². The molecule has 36 heavy (non-hydrogen) atoms. The van der Waals surface area contributed by atoms with Crippen LogP contribution in [-0.2, 0) is 27.4 Å². The Balaban J connectivity index is 1.23. The van der Waals surface area contributed by atoms with Gasteiger partial charge >= 0.3 is 0 Å². The van der Waals surface area contributed by atoms with Crippen LogP contribution in [0.1, 0.15) is 12.0 Å². The van der Waals surface area contributed by atoms with E-state index >= 15 is 0 Å². The standard InChI is InChI=1S/C26H36N6O4/c1-28(20-25(34)30-12-10-29(11-13-30)18-21-6-4-3-5-7-21)26(35)22-8-9-31(19-22)23-16-24(33)32(27-17-23)14-15-36-2/h3-7,16-17,22H,8-15,18-20H2,1-2H3. The summed E-state index contributed by atoms with van der Waals surface area (Å²) < 4.78 is 6.37. The quantitative estimate of drug-likeness (QED) is 0.500. The summed E-state index contributed by atoms with van der Waals surface area (Å²) in [4.78, 5) is 46.0. The SMILES string of the molecule is COCCn1ncc(N2CCC(C(=O)N(C)CC(=O)N3CCN(Cc4ccccc4)CC3)C2)cc1=O. The van der Waals surface area contributed by atoms with Crippen molar-refractivity contribution in [3.05, 3.63) is 58.5 Å². The summed E-state index contributed by atoms with van der Waals surface area (Å²) >= 11 is 0. The molecule has 0 spiro atoms. The first-order valence-electron chi connectivity index (χ1n) is 12.5. The Bertz CT molecular complexity index is 1080. The van der Waals surface area contributed by atoms with Crippen molar-refractivity contribution >= 4 is 17.5 Å². The van der Waals surface area contributed by atoms with Crippen LogP contribution in [0.2, 0.25) is 0 Å². The maximum Gasteiger partial charge on any atom is 0.268 e. The number of amides is 2. The highest BCUT2D eigenvalue weighted by Gasteiger charge is 2.32. The van der Waals surface area contributed by atoms with Gasteiger partial charge in [-0.15, -0.1) is 0 Å². The summed E-state index contributed by atoms with van der Waals surface area (Å²) in [5.74, 6) is -0.250. The topological polar surface area (TPSA) is 91.2 Å². The van der Waals surface area contributed by atoms with Crippen molar-refractivity contribution in [1.29, 1.82) is 0 Å². The number of hydrogen-bond donors (Lipinski definition) is 0. The predicted octanol–water partition coefficient (Wildman–Crippen LogP) is 0.519. The lowest BCUT2D eigenvalue weighted by Gasteiger charge is -2.35. The summed E-state index contributed by atoms with van der Waals surface area (Å²) in [6.07, 6.45) is 2.34. The molecule has 1 unspecified atom stereocenters. The van der Waals surface area contributed by atoms with E-state index in [1.165, 1.54) is 10.2 Å². The van der Waals surface area contributed by atoms with E-state index in [1.54, 1.807) is 31.3 Å². The molecule has 3 heterocycles. The van der Waals surface area contributed by atoms with E-state index in [1.807, 2.05) is 28.0 Å². The third-order valence-corrected chi connectivity index (χ3v) is 6.99. The summed E-state index contributed by atoms with van der Waals surface area (Å²) in [5, 5.41) is 4.22. The largest absolute Gasteiger partial charge is 0.383 e. The van der Waals surface area contributed by atoms with E-state index in [4.69, 9.17) is 4.74 Å². The number of carbonyl (C=O) groups excluding carboxylic acids is 2. The lowest BCUT2D eigenvalue weighted by Crippen LogP contribution is -2.51. The Labute approximate surface area is 212 Å². The molecule has 10 nitrogen and oxygen atoms in total. The molecule has 0 bridgehead atoms. The van der Waals surface area contributed by atoms with Crippen molar-refractivity contribution in [3.8, 4) is 0 Å². The monoisotopic (exact) mass is 496 g/mol. The molecular formula is C26H36N6O4. The first-order chi connectivity index (χ1) is 17.4. The number of piperazine rings is 1. The molecule has 2 saturated heterocycles. The highest BCUT2D eigenvalue weighted by atomic mass is 16.5. The maximum absolute atomic E-state index is 13.1. The van der Waals surface area contributed by atoms with Gasteiger partial charge in [-0.25, -0.2) is 4.68 Å². The molecule has 10 heteroatoms. The van der Waals surface area contributed by atoms with E-state index in [0.717, 1.165) is 25.3 Å². The molecule has 1 aromatic heterocycles. The maximum atomic E-state index is 13.1.